The number of hydrogen-bond acceptors (Lipinski definition) is 6. The number of nitrogens with zero attached hydrogens (tertiary/aromatic N) is 4. The topological polar surface area (TPSA) is 75.6 Å². The Kier molecular flexibility index (Phi) is 5.05. The van der Waals surface area contributed by atoms with Crippen molar-refractivity contribution in [1.82, 2.24) is 19.4 Å². The van der Waals surface area contributed by atoms with Gasteiger partial charge in [-0.2, -0.15) is 0 Å². The summed E-state index contributed by atoms with van der Waals surface area (Å²) in [6.07, 6.45) is 1.07. The summed E-state index contributed by atoms with van der Waals surface area (Å²) >= 11 is 1.13. The number of amides is 2. The lowest BCUT2D eigenvalue weighted by Gasteiger charge is -2.37. The van der Waals surface area contributed by atoms with Crippen LogP contribution in [0.15, 0.2) is 30.3 Å². The Bertz CT molecular complexity index is 861. The number of aryl methyl sites for hydroxylation is 1. The largest absolute Gasteiger partial charge is 0.441 e. The molecule has 2 aliphatic rings. The summed E-state index contributed by atoms with van der Waals surface area (Å²) in [5, 5.41) is 3.92. The monoisotopic (exact) mass is 400 g/mol. The summed E-state index contributed by atoms with van der Waals surface area (Å²) in [7, 11) is 0. The highest BCUT2D eigenvalue weighted by atomic mass is 32.1. The zero-order valence-corrected chi connectivity index (χ0v) is 16.9. The highest BCUT2D eigenvalue weighted by Crippen LogP contribution is 2.35. The average Bonchev–Trinajstić information content (AvgIpc) is 3.26. The summed E-state index contributed by atoms with van der Waals surface area (Å²) in [6.45, 7) is 6.30. The number of rotatable bonds is 4. The Hall–Kier alpha value is -2.48. The van der Waals surface area contributed by atoms with Crippen LogP contribution < -0.4 is 0 Å². The van der Waals surface area contributed by atoms with Gasteiger partial charge in [0, 0.05) is 32.5 Å². The summed E-state index contributed by atoms with van der Waals surface area (Å²) < 4.78 is 9.66. The lowest BCUT2D eigenvalue weighted by molar-refractivity contribution is 0.00326. The van der Waals surface area contributed by atoms with E-state index in [1.807, 2.05) is 28.0 Å². The molecule has 2 saturated heterocycles. The zero-order valence-electron chi connectivity index (χ0n) is 16.1. The van der Waals surface area contributed by atoms with Gasteiger partial charge < -0.3 is 14.5 Å². The van der Waals surface area contributed by atoms with Crippen LogP contribution in [0.1, 0.15) is 46.6 Å². The zero-order chi connectivity index (χ0) is 19.7. The summed E-state index contributed by atoms with van der Waals surface area (Å²) in [5.41, 5.74) is 1.40. The minimum Gasteiger partial charge on any atom is -0.441 e. The molecule has 0 bridgehead atoms. The summed E-state index contributed by atoms with van der Waals surface area (Å²) in [6, 6.07) is 10.2. The fourth-order valence-corrected chi connectivity index (χ4v) is 4.62. The van der Waals surface area contributed by atoms with Crippen molar-refractivity contribution in [2.75, 3.05) is 26.2 Å². The summed E-state index contributed by atoms with van der Waals surface area (Å²) in [4.78, 5) is 29.3. The number of piperidine rings is 1. The van der Waals surface area contributed by atoms with E-state index in [1.165, 1.54) is 5.56 Å². The maximum absolute atomic E-state index is 12.7. The smallest absolute Gasteiger partial charge is 0.410 e. The quantitative estimate of drug-likeness (QED) is 0.788. The van der Waals surface area contributed by atoms with E-state index in [4.69, 9.17) is 4.74 Å². The lowest BCUT2D eigenvalue weighted by atomic mass is 9.91. The number of carbonyl (C=O) groups excluding carboxylic acids is 2. The van der Waals surface area contributed by atoms with E-state index in [0.29, 0.717) is 49.6 Å². The third kappa shape index (κ3) is 3.61. The molecule has 1 atom stereocenters. The molecule has 0 N–H and O–H groups in total. The van der Waals surface area contributed by atoms with Crippen molar-refractivity contribution in [1.29, 1.82) is 0 Å². The first-order valence-electron chi connectivity index (χ1n) is 9.58. The molecule has 7 nitrogen and oxygen atoms in total. The Balaban J connectivity index is 1.36. The van der Waals surface area contributed by atoms with Crippen molar-refractivity contribution in [2.45, 2.75) is 38.2 Å². The molecule has 2 aromatic rings. The van der Waals surface area contributed by atoms with Crippen molar-refractivity contribution in [3.8, 4) is 0 Å². The molecule has 0 radical (unpaired) electrons. The fraction of sp³-hybridized carbons (Fsp3) is 0.500. The van der Waals surface area contributed by atoms with E-state index in [0.717, 1.165) is 11.5 Å². The minimum absolute atomic E-state index is 0.0266. The molecule has 1 aromatic carbocycles. The van der Waals surface area contributed by atoms with Gasteiger partial charge in [-0.05, 0) is 29.9 Å². The van der Waals surface area contributed by atoms with Gasteiger partial charge in [-0.15, -0.1) is 5.10 Å². The second-order valence-corrected chi connectivity index (χ2v) is 8.48. The SMILES string of the molecule is Cc1nnsc1C(=O)N1CCC2(CC1)CN(C[C@H](C)c1ccccc1)C(=O)O2. The maximum Gasteiger partial charge on any atom is 0.410 e. The van der Waals surface area contributed by atoms with Crippen LogP contribution in [-0.4, -0.2) is 63.2 Å². The number of aromatic nitrogens is 2. The second kappa shape index (κ2) is 7.50. The van der Waals surface area contributed by atoms with Gasteiger partial charge >= 0.3 is 6.09 Å². The Labute approximate surface area is 168 Å². The van der Waals surface area contributed by atoms with Crippen molar-refractivity contribution in [3.05, 3.63) is 46.5 Å². The van der Waals surface area contributed by atoms with Gasteiger partial charge in [0.2, 0.25) is 0 Å². The maximum atomic E-state index is 12.7. The number of benzene rings is 1. The Morgan fingerprint density at radius 1 is 1.29 bits per heavy atom. The van der Waals surface area contributed by atoms with Crippen LogP contribution >= 0.6 is 11.5 Å². The van der Waals surface area contributed by atoms with Crippen LogP contribution in [0.2, 0.25) is 0 Å². The molecular formula is C20H24N4O3S. The predicted octanol–water partition coefficient (Wildman–Crippen LogP) is 3.08. The highest BCUT2D eigenvalue weighted by molar-refractivity contribution is 7.07. The molecule has 0 unspecified atom stereocenters. The van der Waals surface area contributed by atoms with E-state index in [-0.39, 0.29) is 17.9 Å². The molecule has 0 aliphatic carbocycles. The normalized spacial score (nSPS) is 19.7. The third-order valence-corrected chi connectivity index (χ3v) is 6.53. The first kappa shape index (κ1) is 18.9. The van der Waals surface area contributed by atoms with Crippen LogP contribution in [0.3, 0.4) is 0 Å². The molecule has 148 valence electrons. The van der Waals surface area contributed by atoms with Crippen molar-refractivity contribution in [2.24, 2.45) is 0 Å². The molecule has 2 amide bonds. The first-order chi connectivity index (χ1) is 13.5. The molecule has 3 heterocycles. The Morgan fingerprint density at radius 2 is 2.00 bits per heavy atom. The van der Waals surface area contributed by atoms with Gasteiger partial charge in [-0.3, -0.25) is 4.79 Å². The van der Waals surface area contributed by atoms with Crippen LogP contribution in [-0.2, 0) is 4.74 Å². The predicted molar refractivity (Wildman–Crippen MR) is 105 cm³/mol. The van der Waals surface area contributed by atoms with Gasteiger partial charge in [0.25, 0.3) is 5.91 Å². The fourth-order valence-electron chi connectivity index (χ4n) is 4.00. The van der Waals surface area contributed by atoms with Crippen LogP contribution in [0, 0.1) is 6.92 Å². The van der Waals surface area contributed by atoms with Crippen molar-refractivity contribution < 1.29 is 14.3 Å². The van der Waals surface area contributed by atoms with E-state index in [9.17, 15) is 9.59 Å². The molecule has 0 saturated carbocycles. The van der Waals surface area contributed by atoms with E-state index < -0.39 is 5.60 Å². The molecule has 1 spiro atoms. The molecule has 8 heteroatoms. The van der Waals surface area contributed by atoms with Crippen LogP contribution in [0.25, 0.3) is 0 Å². The van der Waals surface area contributed by atoms with Gasteiger partial charge in [0.15, 0.2) is 0 Å². The molecule has 28 heavy (non-hydrogen) atoms. The van der Waals surface area contributed by atoms with Gasteiger partial charge in [-0.25, -0.2) is 4.79 Å². The average molecular weight is 401 g/mol. The van der Waals surface area contributed by atoms with E-state index in [1.54, 1.807) is 6.92 Å². The number of likely N-dealkylation sites (tertiary alicyclic amines) is 1. The van der Waals surface area contributed by atoms with Crippen molar-refractivity contribution >= 4 is 23.5 Å². The van der Waals surface area contributed by atoms with E-state index in [2.05, 4.69) is 28.6 Å². The first-order valence-corrected chi connectivity index (χ1v) is 10.4. The molecule has 2 aliphatic heterocycles. The standard InChI is InChI=1S/C20H24N4O3S/c1-14(16-6-4-3-5-7-16)12-24-13-20(27-19(24)26)8-10-23(11-9-20)18(25)17-15(2)21-22-28-17/h3-7,14H,8-13H2,1-2H3/t14-/m0/s1. The third-order valence-electron chi connectivity index (χ3n) is 5.71. The number of hydrogen-bond donors (Lipinski definition) is 0. The Morgan fingerprint density at radius 3 is 2.64 bits per heavy atom. The molecule has 2 fully saturated rings. The summed E-state index contributed by atoms with van der Waals surface area (Å²) in [5.74, 6) is 0.216. The second-order valence-electron chi connectivity index (χ2n) is 7.72. The van der Waals surface area contributed by atoms with Gasteiger partial charge in [0.05, 0.1) is 12.2 Å². The minimum atomic E-state index is -0.481. The highest BCUT2D eigenvalue weighted by Gasteiger charge is 2.47. The van der Waals surface area contributed by atoms with Gasteiger partial charge in [0.1, 0.15) is 10.5 Å². The van der Waals surface area contributed by atoms with Crippen LogP contribution in [0.5, 0.6) is 0 Å². The van der Waals surface area contributed by atoms with Gasteiger partial charge in [-0.1, -0.05) is 41.7 Å². The number of ether oxygens (including phenoxy) is 1. The van der Waals surface area contributed by atoms with Crippen LogP contribution in [0.4, 0.5) is 4.79 Å². The molecule has 1 aromatic heterocycles. The van der Waals surface area contributed by atoms with E-state index >= 15 is 0 Å². The molecular weight excluding hydrogens is 376 g/mol. The lowest BCUT2D eigenvalue weighted by Crippen LogP contribution is -2.48. The van der Waals surface area contributed by atoms with Crippen molar-refractivity contribution in [3.63, 3.8) is 0 Å². The molecule has 4 rings (SSSR count). The number of carbonyl (C=O) groups is 2.